The van der Waals surface area contributed by atoms with Gasteiger partial charge in [-0.15, -0.1) is 0 Å². The molecule has 3 nitrogen and oxygen atoms in total. The second-order valence-corrected chi connectivity index (χ2v) is 5.47. The summed E-state index contributed by atoms with van der Waals surface area (Å²) in [6.07, 6.45) is 1.49. The summed E-state index contributed by atoms with van der Waals surface area (Å²) in [4.78, 5) is 4.29. The molecule has 1 heterocycles. The van der Waals surface area contributed by atoms with Crippen LogP contribution in [0.5, 0.6) is 0 Å². The minimum atomic E-state index is 0.614. The summed E-state index contributed by atoms with van der Waals surface area (Å²) >= 11 is 6.15. The molecule has 0 radical (unpaired) electrons. The largest absolute Gasteiger partial charge is 0.443 e. The molecule has 2 aromatic rings. The van der Waals surface area contributed by atoms with Crippen molar-refractivity contribution in [2.24, 2.45) is 5.92 Å². The van der Waals surface area contributed by atoms with Crippen molar-refractivity contribution in [3.05, 3.63) is 40.9 Å². The molecule has 0 bridgehead atoms. The maximum atomic E-state index is 6.15. The SMILES string of the molecule is Cc1c(Cl)cccc1-c1ocnc1CNCC(C)C. The third kappa shape index (κ3) is 3.37. The Bertz CT molecular complexity index is 549. The van der Waals surface area contributed by atoms with Gasteiger partial charge in [0.15, 0.2) is 12.2 Å². The van der Waals surface area contributed by atoms with Gasteiger partial charge in [-0.25, -0.2) is 4.98 Å². The van der Waals surface area contributed by atoms with Gasteiger partial charge >= 0.3 is 0 Å². The standard InChI is InChI=1S/C15H19ClN2O/c1-10(2)7-17-8-14-15(19-9-18-14)12-5-4-6-13(16)11(12)3/h4-6,9-10,17H,7-8H2,1-3H3. The van der Waals surface area contributed by atoms with E-state index in [1.165, 1.54) is 6.39 Å². The smallest absolute Gasteiger partial charge is 0.181 e. The highest BCUT2D eigenvalue weighted by molar-refractivity contribution is 6.31. The fourth-order valence-corrected chi connectivity index (χ4v) is 2.12. The maximum Gasteiger partial charge on any atom is 0.181 e. The minimum absolute atomic E-state index is 0.614. The van der Waals surface area contributed by atoms with Crippen molar-refractivity contribution < 1.29 is 4.42 Å². The van der Waals surface area contributed by atoms with Gasteiger partial charge in [0.2, 0.25) is 0 Å². The van der Waals surface area contributed by atoms with Gasteiger partial charge in [-0.3, -0.25) is 0 Å². The van der Waals surface area contributed by atoms with E-state index < -0.39 is 0 Å². The molecular formula is C15H19ClN2O. The second-order valence-electron chi connectivity index (χ2n) is 5.07. The van der Waals surface area contributed by atoms with E-state index >= 15 is 0 Å². The molecule has 1 N–H and O–H groups in total. The number of nitrogens with zero attached hydrogens (tertiary/aromatic N) is 1. The third-order valence-corrected chi connectivity index (χ3v) is 3.41. The molecule has 4 heteroatoms. The van der Waals surface area contributed by atoms with E-state index in [4.69, 9.17) is 16.0 Å². The molecule has 0 amide bonds. The molecule has 0 aliphatic rings. The third-order valence-electron chi connectivity index (χ3n) is 3.00. The van der Waals surface area contributed by atoms with E-state index in [2.05, 4.69) is 24.1 Å². The number of aromatic nitrogens is 1. The molecule has 0 fully saturated rings. The molecule has 2 rings (SSSR count). The highest BCUT2D eigenvalue weighted by Gasteiger charge is 2.14. The van der Waals surface area contributed by atoms with Crippen LogP contribution < -0.4 is 5.32 Å². The Labute approximate surface area is 119 Å². The molecule has 0 aliphatic heterocycles. The van der Waals surface area contributed by atoms with Crippen LogP contribution in [0.1, 0.15) is 25.1 Å². The zero-order valence-corrected chi connectivity index (χ0v) is 12.3. The van der Waals surface area contributed by atoms with Crippen LogP contribution in [-0.4, -0.2) is 11.5 Å². The number of benzene rings is 1. The number of hydrogen-bond acceptors (Lipinski definition) is 3. The number of nitrogens with one attached hydrogen (secondary N) is 1. The Morgan fingerprint density at radius 2 is 2.16 bits per heavy atom. The zero-order chi connectivity index (χ0) is 13.8. The van der Waals surface area contributed by atoms with Gasteiger partial charge in [0.25, 0.3) is 0 Å². The lowest BCUT2D eigenvalue weighted by molar-refractivity contribution is 0.545. The Kier molecular flexibility index (Phi) is 4.61. The van der Waals surface area contributed by atoms with E-state index in [-0.39, 0.29) is 0 Å². The maximum absolute atomic E-state index is 6.15. The van der Waals surface area contributed by atoms with Crippen molar-refractivity contribution in [2.45, 2.75) is 27.3 Å². The van der Waals surface area contributed by atoms with Crippen LogP contribution in [0, 0.1) is 12.8 Å². The molecule has 0 saturated heterocycles. The lowest BCUT2D eigenvalue weighted by Crippen LogP contribution is -2.19. The van der Waals surface area contributed by atoms with E-state index in [0.717, 1.165) is 34.1 Å². The summed E-state index contributed by atoms with van der Waals surface area (Å²) in [5, 5.41) is 4.12. The zero-order valence-electron chi connectivity index (χ0n) is 11.5. The number of hydrogen-bond donors (Lipinski definition) is 1. The molecule has 1 aromatic carbocycles. The summed E-state index contributed by atoms with van der Waals surface area (Å²) in [7, 11) is 0. The van der Waals surface area contributed by atoms with Crippen molar-refractivity contribution >= 4 is 11.6 Å². The lowest BCUT2D eigenvalue weighted by Gasteiger charge is -2.08. The molecule has 0 spiro atoms. The predicted octanol–water partition coefficient (Wildman–Crippen LogP) is 4.05. The topological polar surface area (TPSA) is 38.1 Å². The summed E-state index contributed by atoms with van der Waals surface area (Å²) in [5.41, 5.74) is 2.95. The van der Waals surface area contributed by atoms with E-state index in [0.29, 0.717) is 12.5 Å². The summed E-state index contributed by atoms with van der Waals surface area (Å²) in [6, 6.07) is 5.82. The minimum Gasteiger partial charge on any atom is -0.443 e. The first-order valence-corrected chi connectivity index (χ1v) is 6.86. The van der Waals surface area contributed by atoms with Crippen LogP contribution in [0.3, 0.4) is 0 Å². The van der Waals surface area contributed by atoms with E-state index in [1.807, 2.05) is 25.1 Å². The van der Waals surface area contributed by atoms with Crippen LogP contribution in [0.2, 0.25) is 5.02 Å². The highest BCUT2D eigenvalue weighted by Crippen LogP contribution is 2.30. The lowest BCUT2D eigenvalue weighted by atomic mass is 10.1. The quantitative estimate of drug-likeness (QED) is 0.897. The first-order valence-electron chi connectivity index (χ1n) is 6.48. The van der Waals surface area contributed by atoms with Crippen molar-refractivity contribution in [3.8, 4) is 11.3 Å². The molecule has 1 aromatic heterocycles. The van der Waals surface area contributed by atoms with Crippen LogP contribution in [-0.2, 0) is 6.54 Å². The van der Waals surface area contributed by atoms with E-state index in [1.54, 1.807) is 0 Å². The molecule has 0 atom stereocenters. The Hall–Kier alpha value is -1.32. The number of oxazole rings is 1. The fraction of sp³-hybridized carbons (Fsp3) is 0.400. The average Bonchev–Trinajstić information content (AvgIpc) is 2.80. The summed E-state index contributed by atoms with van der Waals surface area (Å²) < 4.78 is 5.53. The van der Waals surface area contributed by atoms with Crippen LogP contribution in [0.15, 0.2) is 29.0 Å². The van der Waals surface area contributed by atoms with Gasteiger partial charge in [0, 0.05) is 17.1 Å². The molecule has 0 unspecified atom stereocenters. The molecule has 0 aliphatic carbocycles. The van der Waals surface area contributed by atoms with Gasteiger partial charge in [0.05, 0.1) is 0 Å². The number of rotatable bonds is 5. The highest BCUT2D eigenvalue weighted by atomic mass is 35.5. The first kappa shape index (κ1) is 14.1. The van der Waals surface area contributed by atoms with Gasteiger partial charge < -0.3 is 9.73 Å². The predicted molar refractivity (Wildman–Crippen MR) is 78.2 cm³/mol. The fourth-order valence-electron chi connectivity index (χ4n) is 1.95. The normalized spacial score (nSPS) is 11.2. The van der Waals surface area contributed by atoms with Gasteiger partial charge in [-0.2, -0.15) is 0 Å². The molecule has 19 heavy (non-hydrogen) atoms. The van der Waals surface area contributed by atoms with Crippen molar-refractivity contribution in [3.63, 3.8) is 0 Å². The molecule has 0 saturated carbocycles. The number of halogens is 1. The van der Waals surface area contributed by atoms with Crippen LogP contribution >= 0.6 is 11.6 Å². The first-order chi connectivity index (χ1) is 9.09. The van der Waals surface area contributed by atoms with Gasteiger partial charge in [-0.05, 0) is 31.0 Å². The Morgan fingerprint density at radius 1 is 1.37 bits per heavy atom. The summed E-state index contributed by atoms with van der Waals surface area (Å²) in [5.74, 6) is 1.42. The second kappa shape index (κ2) is 6.22. The Balaban J connectivity index is 2.21. The van der Waals surface area contributed by atoms with Crippen molar-refractivity contribution in [2.75, 3.05) is 6.54 Å². The van der Waals surface area contributed by atoms with Gasteiger partial charge in [0.1, 0.15) is 5.69 Å². The van der Waals surface area contributed by atoms with Gasteiger partial charge in [-0.1, -0.05) is 37.6 Å². The van der Waals surface area contributed by atoms with Crippen molar-refractivity contribution in [1.29, 1.82) is 0 Å². The van der Waals surface area contributed by atoms with E-state index in [9.17, 15) is 0 Å². The monoisotopic (exact) mass is 278 g/mol. The van der Waals surface area contributed by atoms with Crippen LogP contribution in [0.4, 0.5) is 0 Å². The average molecular weight is 279 g/mol. The molecular weight excluding hydrogens is 260 g/mol. The van der Waals surface area contributed by atoms with Crippen molar-refractivity contribution in [1.82, 2.24) is 10.3 Å². The van der Waals surface area contributed by atoms with Crippen LogP contribution in [0.25, 0.3) is 11.3 Å². The molecule has 102 valence electrons. The Morgan fingerprint density at radius 3 is 2.89 bits per heavy atom. The summed E-state index contributed by atoms with van der Waals surface area (Å²) in [6.45, 7) is 8.01.